The molecule has 0 unspecified atom stereocenters. The molecule has 3 aromatic carbocycles. The molecule has 1 aliphatic heterocycles. The van der Waals surface area contributed by atoms with E-state index >= 15 is 0 Å². The summed E-state index contributed by atoms with van der Waals surface area (Å²) in [5.41, 5.74) is 6.71. The second-order valence-electron chi connectivity index (χ2n) is 7.33. The van der Waals surface area contributed by atoms with Gasteiger partial charge in [0.15, 0.2) is 0 Å². The van der Waals surface area contributed by atoms with Crippen molar-refractivity contribution in [2.24, 2.45) is 5.10 Å². The average Bonchev–Trinajstić information content (AvgIpc) is 2.82. The molecule has 0 aliphatic carbocycles. The third kappa shape index (κ3) is 5.13. The molecule has 0 radical (unpaired) electrons. The van der Waals surface area contributed by atoms with Gasteiger partial charge >= 0.3 is 0 Å². The number of nitrogens with zero attached hydrogens (tertiary/aromatic N) is 3. The zero-order valence-electron chi connectivity index (χ0n) is 16.9. The lowest BCUT2D eigenvalue weighted by Crippen LogP contribution is -2.49. The molecule has 0 spiro atoms. The van der Waals surface area contributed by atoms with Crippen molar-refractivity contribution in [3.63, 3.8) is 0 Å². The number of benzene rings is 3. The summed E-state index contributed by atoms with van der Waals surface area (Å²) < 4.78 is 0. The Morgan fingerprint density at radius 1 is 0.733 bits per heavy atom. The van der Waals surface area contributed by atoms with Gasteiger partial charge in [-0.2, -0.15) is 5.10 Å². The molecule has 1 N–H and O–H groups in total. The fourth-order valence-electron chi connectivity index (χ4n) is 3.65. The molecule has 0 atom stereocenters. The minimum absolute atomic E-state index is 0.0903. The van der Waals surface area contributed by atoms with Crippen LogP contribution in [0.2, 0.25) is 0 Å². The third-order valence-corrected chi connectivity index (χ3v) is 5.25. The fraction of sp³-hybridized carbons (Fsp3) is 0.200. The number of amides is 1. The van der Waals surface area contributed by atoms with Gasteiger partial charge in [0.05, 0.1) is 12.3 Å². The molecule has 5 nitrogen and oxygen atoms in total. The number of para-hydroxylation sites is 1. The van der Waals surface area contributed by atoms with Crippen LogP contribution in [-0.2, 0) is 4.79 Å². The molecule has 3 aromatic rings. The zero-order valence-corrected chi connectivity index (χ0v) is 16.9. The van der Waals surface area contributed by atoms with E-state index < -0.39 is 0 Å². The highest BCUT2D eigenvalue weighted by Crippen LogP contribution is 2.15. The van der Waals surface area contributed by atoms with Crippen molar-refractivity contribution in [3.05, 3.63) is 102 Å². The van der Waals surface area contributed by atoms with E-state index in [1.165, 1.54) is 5.69 Å². The summed E-state index contributed by atoms with van der Waals surface area (Å²) in [6.07, 6.45) is 0. The first-order chi connectivity index (χ1) is 14.8. The Morgan fingerprint density at radius 2 is 1.23 bits per heavy atom. The molecular formula is C25H26N4O. The van der Waals surface area contributed by atoms with Gasteiger partial charge in [0, 0.05) is 43.0 Å². The minimum atomic E-state index is -0.0903. The van der Waals surface area contributed by atoms with Gasteiger partial charge in [-0.25, -0.2) is 5.43 Å². The summed E-state index contributed by atoms with van der Waals surface area (Å²) in [5, 5.41) is 4.47. The fourth-order valence-corrected chi connectivity index (χ4v) is 3.65. The van der Waals surface area contributed by atoms with Crippen molar-refractivity contribution in [1.82, 2.24) is 10.3 Å². The summed E-state index contributed by atoms with van der Waals surface area (Å²) in [7, 11) is 0. The summed E-state index contributed by atoms with van der Waals surface area (Å²) in [4.78, 5) is 17.1. The van der Waals surface area contributed by atoms with Crippen molar-refractivity contribution in [2.45, 2.75) is 0 Å². The Bertz CT molecular complexity index is 924. The van der Waals surface area contributed by atoms with E-state index in [-0.39, 0.29) is 5.91 Å². The van der Waals surface area contributed by atoms with Crippen molar-refractivity contribution in [1.29, 1.82) is 0 Å². The van der Waals surface area contributed by atoms with Gasteiger partial charge in [0.1, 0.15) is 0 Å². The highest BCUT2D eigenvalue weighted by atomic mass is 16.2. The number of carbonyl (C=O) groups excluding carboxylic acids is 1. The maximum absolute atomic E-state index is 12.6. The number of nitrogens with one attached hydrogen (secondary N) is 1. The molecule has 1 amide bonds. The normalized spacial score (nSPS) is 14.2. The zero-order chi connectivity index (χ0) is 20.6. The number of rotatable bonds is 6. The lowest BCUT2D eigenvalue weighted by molar-refractivity contribution is -0.122. The van der Waals surface area contributed by atoms with E-state index in [1.54, 1.807) is 0 Å². The van der Waals surface area contributed by atoms with Crippen LogP contribution in [0.4, 0.5) is 5.69 Å². The standard InChI is InChI=1S/C25H26N4O/c30-24(20-28-16-18-29(19-17-28)23-14-8-3-9-15-23)26-27-25(21-10-4-1-5-11-21)22-12-6-2-7-13-22/h1-15H,16-20H2,(H,26,30). The van der Waals surface area contributed by atoms with Crippen LogP contribution in [0, 0.1) is 0 Å². The molecule has 1 heterocycles. The van der Waals surface area contributed by atoms with Gasteiger partial charge in [-0.1, -0.05) is 78.9 Å². The molecule has 152 valence electrons. The smallest absolute Gasteiger partial charge is 0.254 e. The topological polar surface area (TPSA) is 47.9 Å². The van der Waals surface area contributed by atoms with Crippen LogP contribution in [-0.4, -0.2) is 49.2 Å². The Labute approximate surface area is 177 Å². The molecule has 30 heavy (non-hydrogen) atoms. The molecule has 4 rings (SSSR count). The predicted molar refractivity (Wildman–Crippen MR) is 122 cm³/mol. The Morgan fingerprint density at radius 3 is 1.77 bits per heavy atom. The predicted octanol–water partition coefficient (Wildman–Crippen LogP) is 3.38. The SMILES string of the molecule is O=C(CN1CCN(c2ccccc2)CC1)NN=C(c1ccccc1)c1ccccc1. The van der Waals surface area contributed by atoms with E-state index in [0.717, 1.165) is 43.0 Å². The second kappa shape index (κ2) is 9.85. The van der Waals surface area contributed by atoms with Crippen LogP contribution in [0.5, 0.6) is 0 Å². The van der Waals surface area contributed by atoms with Crippen molar-refractivity contribution in [3.8, 4) is 0 Å². The van der Waals surface area contributed by atoms with Gasteiger partial charge < -0.3 is 4.90 Å². The van der Waals surface area contributed by atoms with E-state index in [4.69, 9.17) is 0 Å². The molecule has 0 aromatic heterocycles. The van der Waals surface area contributed by atoms with E-state index in [2.05, 4.69) is 44.6 Å². The summed E-state index contributed by atoms with van der Waals surface area (Å²) in [5.74, 6) is -0.0903. The number of hydrogen-bond acceptors (Lipinski definition) is 4. The highest BCUT2D eigenvalue weighted by molar-refractivity contribution is 6.13. The van der Waals surface area contributed by atoms with Gasteiger partial charge in [-0.15, -0.1) is 0 Å². The number of hydrazone groups is 1. The lowest BCUT2D eigenvalue weighted by Gasteiger charge is -2.35. The molecular weight excluding hydrogens is 372 g/mol. The van der Waals surface area contributed by atoms with Gasteiger partial charge in [-0.05, 0) is 12.1 Å². The van der Waals surface area contributed by atoms with Crippen LogP contribution in [0.3, 0.4) is 0 Å². The number of carbonyl (C=O) groups is 1. The van der Waals surface area contributed by atoms with E-state index in [1.807, 2.05) is 66.7 Å². The Balaban J connectivity index is 1.36. The first-order valence-electron chi connectivity index (χ1n) is 10.3. The van der Waals surface area contributed by atoms with Crippen LogP contribution in [0.25, 0.3) is 0 Å². The molecule has 1 fully saturated rings. The van der Waals surface area contributed by atoms with Crippen LogP contribution in [0.15, 0.2) is 96.1 Å². The minimum Gasteiger partial charge on any atom is -0.369 e. The van der Waals surface area contributed by atoms with Crippen molar-refractivity contribution in [2.75, 3.05) is 37.6 Å². The summed E-state index contributed by atoms with van der Waals surface area (Å²) in [6.45, 7) is 3.90. The molecule has 0 saturated carbocycles. The number of piperazine rings is 1. The monoisotopic (exact) mass is 398 g/mol. The molecule has 5 heteroatoms. The maximum atomic E-state index is 12.6. The Kier molecular flexibility index (Phi) is 6.52. The van der Waals surface area contributed by atoms with E-state index in [0.29, 0.717) is 6.54 Å². The van der Waals surface area contributed by atoms with Crippen LogP contribution in [0.1, 0.15) is 11.1 Å². The van der Waals surface area contributed by atoms with Gasteiger partial charge in [0.25, 0.3) is 5.91 Å². The summed E-state index contributed by atoms with van der Waals surface area (Å²) >= 11 is 0. The largest absolute Gasteiger partial charge is 0.369 e. The molecule has 1 aliphatic rings. The number of hydrogen-bond donors (Lipinski definition) is 1. The second-order valence-corrected chi connectivity index (χ2v) is 7.33. The molecule has 1 saturated heterocycles. The summed E-state index contributed by atoms with van der Waals surface area (Å²) in [6, 6.07) is 30.3. The number of anilines is 1. The van der Waals surface area contributed by atoms with E-state index in [9.17, 15) is 4.79 Å². The van der Waals surface area contributed by atoms with Gasteiger partial charge in [-0.3, -0.25) is 9.69 Å². The maximum Gasteiger partial charge on any atom is 0.254 e. The highest BCUT2D eigenvalue weighted by Gasteiger charge is 2.19. The van der Waals surface area contributed by atoms with Crippen LogP contribution >= 0.6 is 0 Å². The first-order valence-corrected chi connectivity index (χ1v) is 10.3. The molecule has 0 bridgehead atoms. The first kappa shape index (κ1) is 19.9. The van der Waals surface area contributed by atoms with Crippen LogP contribution < -0.4 is 10.3 Å². The van der Waals surface area contributed by atoms with Crippen molar-refractivity contribution < 1.29 is 4.79 Å². The van der Waals surface area contributed by atoms with Crippen molar-refractivity contribution >= 4 is 17.3 Å². The quantitative estimate of drug-likeness (QED) is 0.512. The lowest BCUT2D eigenvalue weighted by atomic mass is 10.0. The average molecular weight is 399 g/mol. The van der Waals surface area contributed by atoms with Gasteiger partial charge in [0.2, 0.25) is 0 Å². The Hall–Kier alpha value is -3.44. The third-order valence-electron chi connectivity index (χ3n) is 5.25.